The molecule has 0 radical (unpaired) electrons. The third kappa shape index (κ3) is 2.87. The van der Waals surface area contributed by atoms with Gasteiger partial charge in [-0.25, -0.2) is 0 Å². The molecule has 4 heteroatoms. The summed E-state index contributed by atoms with van der Waals surface area (Å²) >= 11 is 0. The zero-order chi connectivity index (χ0) is 12.7. The molecular weight excluding hydrogens is 216 g/mol. The third-order valence-electron chi connectivity index (χ3n) is 3.42. The smallest absolute Gasteiger partial charge is 0.0752 e. The lowest BCUT2D eigenvalue weighted by atomic mass is 9.81. The highest BCUT2D eigenvalue weighted by atomic mass is 16.5. The highest BCUT2D eigenvalue weighted by Crippen LogP contribution is 2.34. The first-order chi connectivity index (χ1) is 7.80. The Labute approximate surface area is 103 Å². The number of aliphatic hydroxyl groups is 1. The quantitative estimate of drug-likeness (QED) is 0.851. The van der Waals surface area contributed by atoms with E-state index in [2.05, 4.69) is 5.10 Å². The SMILES string of the molecule is Cc1cc(CC2(O)CCOC(C)(C)C2)n(C)n1. The fraction of sp³-hybridized carbons (Fsp3) is 0.769. The number of hydrogen-bond acceptors (Lipinski definition) is 3. The van der Waals surface area contributed by atoms with Crippen molar-refractivity contribution >= 4 is 0 Å². The first-order valence-corrected chi connectivity index (χ1v) is 6.16. The highest BCUT2D eigenvalue weighted by molar-refractivity contribution is 5.12. The van der Waals surface area contributed by atoms with Gasteiger partial charge >= 0.3 is 0 Å². The van der Waals surface area contributed by atoms with Gasteiger partial charge in [-0.3, -0.25) is 4.68 Å². The second kappa shape index (κ2) is 4.10. The molecule has 0 aliphatic carbocycles. The van der Waals surface area contributed by atoms with Crippen LogP contribution in [-0.2, 0) is 18.2 Å². The average Bonchev–Trinajstić information content (AvgIpc) is 2.41. The van der Waals surface area contributed by atoms with Crippen molar-refractivity contribution in [1.29, 1.82) is 0 Å². The van der Waals surface area contributed by atoms with Crippen molar-refractivity contribution in [1.82, 2.24) is 9.78 Å². The van der Waals surface area contributed by atoms with Crippen LogP contribution in [0.15, 0.2) is 6.07 Å². The minimum atomic E-state index is -0.665. The summed E-state index contributed by atoms with van der Waals surface area (Å²) in [6.45, 7) is 6.67. The van der Waals surface area contributed by atoms with Crippen molar-refractivity contribution in [2.75, 3.05) is 6.61 Å². The Morgan fingerprint density at radius 2 is 2.24 bits per heavy atom. The number of ether oxygens (including phenoxy) is 1. The number of hydrogen-bond donors (Lipinski definition) is 1. The molecule has 1 aliphatic rings. The second-order valence-corrected chi connectivity index (χ2v) is 5.84. The van der Waals surface area contributed by atoms with Gasteiger partial charge in [-0.15, -0.1) is 0 Å². The molecule has 1 unspecified atom stereocenters. The molecule has 0 aromatic carbocycles. The monoisotopic (exact) mass is 238 g/mol. The molecule has 1 atom stereocenters. The molecule has 1 saturated heterocycles. The maximum absolute atomic E-state index is 10.7. The molecule has 0 bridgehead atoms. The van der Waals surface area contributed by atoms with E-state index in [1.807, 2.05) is 38.6 Å². The van der Waals surface area contributed by atoms with E-state index in [4.69, 9.17) is 4.74 Å². The van der Waals surface area contributed by atoms with E-state index in [-0.39, 0.29) is 5.60 Å². The van der Waals surface area contributed by atoms with Crippen molar-refractivity contribution in [3.63, 3.8) is 0 Å². The number of nitrogens with zero attached hydrogens (tertiary/aromatic N) is 2. The van der Waals surface area contributed by atoms with Gasteiger partial charge < -0.3 is 9.84 Å². The van der Waals surface area contributed by atoms with Gasteiger partial charge in [0.2, 0.25) is 0 Å². The third-order valence-corrected chi connectivity index (χ3v) is 3.42. The molecule has 1 aromatic heterocycles. The van der Waals surface area contributed by atoms with Gasteiger partial charge in [-0.2, -0.15) is 5.10 Å². The van der Waals surface area contributed by atoms with Crippen molar-refractivity contribution in [3.05, 3.63) is 17.5 Å². The largest absolute Gasteiger partial charge is 0.389 e. The Hall–Kier alpha value is -0.870. The van der Waals surface area contributed by atoms with E-state index >= 15 is 0 Å². The van der Waals surface area contributed by atoms with Crippen molar-refractivity contribution < 1.29 is 9.84 Å². The lowest BCUT2D eigenvalue weighted by Gasteiger charge is -2.41. The van der Waals surface area contributed by atoms with Crippen LogP contribution in [0.3, 0.4) is 0 Å². The van der Waals surface area contributed by atoms with Gasteiger partial charge in [-0.05, 0) is 33.3 Å². The maximum atomic E-state index is 10.7. The topological polar surface area (TPSA) is 47.3 Å². The maximum Gasteiger partial charge on any atom is 0.0752 e. The highest BCUT2D eigenvalue weighted by Gasteiger charge is 2.39. The molecule has 1 aliphatic heterocycles. The average molecular weight is 238 g/mol. The molecule has 2 heterocycles. The Bertz CT molecular complexity index is 412. The molecule has 4 nitrogen and oxygen atoms in total. The fourth-order valence-corrected chi connectivity index (χ4v) is 2.77. The summed E-state index contributed by atoms with van der Waals surface area (Å²) in [6, 6.07) is 2.04. The van der Waals surface area contributed by atoms with Gasteiger partial charge in [-0.1, -0.05) is 0 Å². The zero-order valence-corrected chi connectivity index (χ0v) is 11.2. The molecule has 96 valence electrons. The minimum absolute atomic E-state index is 0.235. The van der Waals surface area contributed by atoms with Crippen LogP contribution in [0, 0.1) is 6.92 Å². The molecular formula is C13H22N2O2. The first kappa shape index (κ1) is 12.6. The van der Waals surface area contributed by atoms with Crippen LogP contribution in [0.4, 0.5) is 0 Å². The van der Waals surface area contributed by atoms with Crippen LogP contribution < -0.4 is 0 Å². The molecule has 1 fully saturated rings. The molecule has 0 amide bonds. The van der Waals surface area contributed by atoms with Crippen molar-refractivity contribution in [2.24, 2.45) is 7.05 Å². The standard InChI is InChI=1S/C13H22N2O2/c1-10-7-11(15(4)14-10)8-13(16)5-6-17-12(2,3)9-13/h7,16H,5-6,8-9H2,1-4H3. The summed E-state index contributed by atoms with van der Waals surface area (Å²) < 4.78 is 7.51. The van der Waals surface area contributed by atoms with Crippen LogP contribution in [-0.4, -0.2) is 32.7 Å². The van der Waals surface area contributed by atoms with E-state index in [1.165, 1.54) is 0 Å². The fourth-order valence-electron chi connectivity index (χ4n) is 2.77. The number of aryl methyl sites for hydroxylation is 2. The summed E-state index contributed by atoms with van der Waals surface area (Å²) in [5.74, 6) is 0. The normalized spacial score (nSPS) is 28.3. The Balaban J connectivity index is 2.14. The molecule has 0 spiro atoms. The van der Waals surface area contributed by atoms with E-state index in [0.717, 1.165) is 11.4 Å². The van der Waals surface area contributed by atoms with Crippen molar-refractivity contribution in [3.8, 4) is 0 Å². The van der Waals surface area contributed by atoms with Gasteiger partial charge in [0.1, 0.15) is 0 Å². The summed E-state index contributed by atoms with van der Waals surface area (Å²) in [4.78, 5) is 0. The summed E-state index contributed by atoms with van der Waals surface area (Å²) in [5.41, 5.74) is 1.18. The Kier molecular flexibility index (Phi) is 3.04. The molecule has 2 rings (SSSR count). The van der Waals surface area contributed by atoms with Gasteiger partial charge in [0.05, 0.1) is 23.5 Å². The minimum Gasteiger partial charge on any atom is -0.389 e. The molecule has 0 saturated carbocycles. The Morgan fingerprint density at radius 3 is 2.76 bits per heavy atom. The van der Waals surface area contributed by atoms with E-state index < -0.39 is 5.60 Å². The number of aromatic nitrogens is 2. The van der Waals surface area contributed by atoms with Crippen LogP contribution in [0.1, 0.15) is 38.1 Å². The Morgan fingerprint density at radius 1 is 1.53 bits per heavy atom. The predicted octanol–water partition coefficient (Wildman–Crippen LogP) is 1.59. The van der Waals surface area contributed by atoms with Gasteiger partial charge in [0, 0.05) is 25.6 Å². The molecule has 1 N–H and O–H groups in total. The lowest BCUT2D eigenvalue weighted by molar-refractivity contribution is -0.143. The number of rotatable bonds is 2. The summed E-state index contributed by atoms with van der Waals surface area (Å²) in [7, 11) is 1.93. The lowest BCUT2D eigenvalue weighted by Crippen LogP contribution is -2.47. The van der Waals surface area contributed by atoms with E-state index in [9.17, 15) is 5.11 Å². The first-order valence-electron chi connectivity index (χ1n) is 6.16. The van der Waals surface area contributed by atoms with Gasteiger partial charge in [0.15, 0.2) is 0 Å². The summed E-state index contributed by atoms with van der Waals surface area (Å²) in [5, 5.41) is 15.0. The van der Waals surface area contributed by atoms with Crippen LogP contribution in [0.25, 0.3) is 0 Å². The summed E-state index contributed by atoms with van der Waals surface area (Å²) in [6.07, 6.45) is 2.02. The molecule has 1 aromatic rings. The second-order valence-electron chi connectivity index (χ2n) is 5.84. The van der Waals surface area contributed by atoms with Crippen LogP contribution in [0.5, 0.6) is 0 Å². The zero-order valence-electron chi connectivity index (χ0n) is 11.2. The van der Waals surface area contributed by atoms with Gasteiger partial charge in [0.25, 0.3) is 0 Å². The van der Waals surface area contributed by atoms with Crippen LogP contribution >= 0.6 is 0 Å². The van der Waals surface area contributed by atoms with Crippen molar-refractivity contribution in [2.45, 2.75) is 51.2 Å². The molecule has 17 heavy (non-hydrogen) atoms. The van der Waals surface area contributed by atoms with E-state index in [1.54, 1.807) is 0 Å². The van der Waals surface area contributed by atoms with E-state index in [0.29, 0.717) is 25.9 Å². The predicted molar refractivity (Wildman–Crippen MR) is 65.9 cm³/mol. The van der Waals surface area contributed by atoms with Crippen LogP contribution in [0.2, 0.25) is 0 Å².